The van der Waals surface area contributed by atoms with Crippen LogP contribution in [0.3, 0.4) is 0 Å². The van der Waals surface area contributed by atoms with Gasteiger partial charge in [-0.1, -0.05) is 23.7 Å². The maximum absolute atomic E-state index is 6.04. The van der Waals surface area contributed by atoms with E-state index in [0.29, 0.717) is 34.4 Å². The average Bonchev–Trinajstić information content (AvgIpc) is 3.14. The van der Waals surface area contributed by atoms with Crippen LogP contribution in [0.4, 0.5) is 0 Å². The molecule has 0 saturated heterocycles. The van der Waals surface area contributed by atoms with Gasteiger partial charge in [-0.05, 0) is 19.1 Å². The molecule has 0 aliphatic carbocycles. The van der Waals surface area contributed by atoms with E-state index < -0.39 is 0 Å². The number of rotatable bonds is 7. The second-order valence-electron chi connectivity index (χ2n) is 5.89. The summed E-state index contributed by atoms with van der Waals surface area (Å²) in [4.78, 5) is 5.35. The Bertz CT molecular complexity index is 1050. The molecule has 0 aliphatic rings. The Labute approximate surface area is 178 Å². The minimum absolute atomic E-state index is 0.600. The topological polar surface area (TPSA) is 57.3 Å². The second kappa shape index (κ2) is 9.62. The van der Waals surface area contributed by atoms with Crippen LogP contribution in [-0.2, 0) is 0 Å². The molecule has 3 rings (SSSR count). The largest absolute Gasteiger partial charge is 0.496 e. The van der Waals surface area contributed by atoms with Crippen LogP contribution in [0.2, 0.25) is 5.02 Å². The highest BCUT2D eigenvalue weighted by Gasteiger charge is 2.13. The Kier molecular flexibility index (Phi) is 6.95. The van der Waals surface area contributed by atoms with Crippen LogP contribution in [0.5, 0.6) is 17.2 Å². The molecule has 0 bridgehead atoms. The Balaban J connectivity index is 2.13. The first kappa shape index (κ1) is 21.0. The molecular formula is C21H22ClN3O3S. The quantitative estimate of drug-likeness (QED) is 0.509. The van der Waals surface area contributed by atoms with E-state index in [0.717, 1.165) is 16.1 Å². The summed E-state index contributed by atoms with van der Waals surface area (Å²) in [7, 11) is 4.79. The fourth-order valence-electron chi connectivity index (χ4n) is 2.75. The molecule has 8 heteroatoms. The lowest BCUT2D eigenvalue weighted by molar-refractivity contribution is 0.374. The predicted octanol–water partition coefficient (Wildman–Crippen LogP) is 4.70. The highest BCUT2D eigenvalue weighted by Crippen LogP contribution is 2.33. The molecule has 152 valence electrons. The zero-order chi connectivity index (χ0) is 20.8. The van der Waals surface area contributed by atoms with Crippen LogP contribution in [0.15, 0.2) is 51.9 Å². The lowest BCUT2D eigenvalue weighted by atomic mass is 10.1. The van der Waals surface area contributed by atoms with E-state index >= 15 is 0 Å². The molecule has 0 spiro atoms. The van der Waals surface area contributed by atoms with Crippen molar-refractivity contribution in [2.24, 2.45) is 10.1 Å². The third kappa shape index (κ3) is 4.63. The van der Waals surface area contributed by atoms with Gasteiger partial charge < -0.3 is 14.2 Å². The molecule has 0 N–H and O–H groups in total. The molecule has 0 unspecified atom stereocenters. The Hall–Kier alpha value is -2.77. The zero-order valence-electron chi connectivity index (χ0n) is 16.7. The summed E-state index contributed by atoms with van der Waals surface area (Å²) in [6, 6.07) is 11.2. The van der Waals surface area contributed by atoms with Gasteiger partial charge in [0.15, 0.2) is 0 Å². The highest BCUT2D eigenvalue weighted by atomic mass is 35.5. The molecule has 0 amide bonds. The normalized spacial score (nSPS) is 11.8. The average molecular weight is 432 g/mol. The lowest BCUT2D eigenvalue weighted by Gasteiger charge is -2.12. The summed E-state index contributed by atoms with van der Waals surface area (Å²) in [5, 5.41) is 7.41. The van der Waals surface area contributed by atoms with E-state index in [4.69, 9.17) is 30.9 Å². The van der Waals surface area contributed by atoms with Crippen molar-refractivity contribution in [3.05, 3.63) is 57.2 Å². The van der Waals surface area contributed by atoms with Crippen molar-refractivity contribution >= 4 is 29.2 Å². The van der Waals surface area contributed by atoms with Crippen molar-refractivity contribution in [3.63, 3.8) is 0 Å². The number of ether oxygens (including phenoxy) is 3. The molecule has 2 aromatic carbocycles. The molecular weight excluding hydrogens is 410 g/mol. The molecule has 3 aromatic rings. The first-order valence-electron chi connectivity index (χ1n) is 8.92. The predicted molar refractivity (Wildman–Crippen MR) is 118 cm³/mol. The zero-order valence-corrected chi connectivity index (χ0v) is 18.3. The van der Waals surface area contributed by atoms with E-state index in [9.17, 15) is 0 Å². The molecule has 29 heavy (non-hydrogen) atoms. The molecule has 6 nitrogen and oxygen atoms in total. The summed E-state index contributed by atoms with van der Waals surface area (Å²) in [5.74, 6) is 1.84. The van der Waals surface area contributed by atoms with Crippen molar-refractivity contribution in [3.8, 4) is 28.5 Å². The molecule has 1 aromatic heterocycles. The number of aromatic nitrogens is 1. The van der Waals surface area contributed by atoms with Crippen LogP contribution in [0.1, 0.15) is 12.5 Å². The minimum atomic E-state index is 0.600. The number of hydrogen-bond donors (Lipinski definition) is 0. The van der Waals surface area contributed by atoms with Crippen LogP contribution >= 0.6 is 22.9 Å². The molecule has 0 fully saturated rings. The first-order valence-corrected chi connectivity index (χ1v) is 10.2. The minimum Gasteiger partial charge on any atom is -0.496 e. The van der Waals surface area contributed by atoms with Crippen molar-refractivity contribution in [2.75, 3.05) is 27.9 Å². The van der Waals surface area contributed by atoms with Crippen LogP contribution < -0.4 is 19.0 Å². The van der Waals surface area contributed by atoms with E-state index in [1.807, 2.05) is 36.6 Å². The van der Waals surface area contributed by atoms with E-state index in [1.54, 1.807) is 44.4 Å². The fourth-order valence-corrected chi connectivity index (χ4v) is 3.78. The van der Waals surface area contributed by atoms with E-state index in [1.165, 1.54) is 11.3 Å². The SMILES string of the molecule is CCN=c1scc(-c2ccc(Cl)cc2)n1N=Cc1c(OC)cc(OC)cc1OC. The number of hydrogen-bond acceptors (Lipinski definition) is 6. The van der Waals surface area contributed by atoms with Crippen molar-refractivity contribution in [1.82, 2.24) is 4.68 Å². The van der Waals surface area contributed by atoms with Crippen LogP contribution in [-0.4, -0.2) is 38.8 Å². The van der Waals surface area contributed by atoms with Crippen molar-refractivity contribution in [1.29, 1.82) is 0 Å². The summed E-state index contributed by atoms with van der Waals surface area (Å²) in [6.45, 7) is 2.65. The van der Waals surface area contributed by atoms with Gasteiger partial charge in [0.2, 0.25) is 4.80 Å². The third-order valence-electron chi connectivity index (χ3n) is 4.17. The Morgan fingerprint density at radius 3 is 2.24 bits per heavy atom. The van der Waals surface area contributed by atoms with Crippen LogP contribution in [0.25, 0.3) is 11.3 Å². The Morgan fingerprint density at radius 1 is 1.03 bits per heavy atom. The van der Waals surface area contributed by atoms with Gasteiger partial charge in [-0.25, -0.2) is 4.68 Å². The van der Waals surface area contributed by atoms with Crippen molar-refractivity contribution < 1.29 is 14.2 Å². The van der Waals surface area contributed by atoms with Crippen LogP contribution in [0, 0.1) is 0 Å². The van der Waals surface area contributed by atoms with E-state index in [2.05, 4.69) is 4.99 Å². The lowest BCUT2D eigenvalue weighted by Crippen LogP contribution is -2.12. The van der Waals surface area contributed by atoms with Gasteiger partial charge in [0, 0.05) is 34.6 Å². The Morgan fingerprint density at radius 2 is 1.69 bits per heavy atom. The maximum Gasteiger partial charge on any atom is 0.206 e. The van der Waals surface area contributed by atoms with E-state index in [-0.39, 0.29) is 0 Å². The molecule has 0 radical (unpaired) electrons. The van der Waals surface area contributed by atoms with Gasteiger partial charge in [-0.15, -0.1) is 11.3 Å². The molecule has 0 saturated carbocycles. The molecule has 0 aliphatic heterocycles. The number of methoxy groups -OCH3 is 3. The van der Waals surface area contributed by atoms with Gasteiger partial charge in [-0.3, -0.25) is 4.99 Å². The van der Waals surface area contributed by atoms with Gasteiger partial charge in [0.05, 0.1) is 38.8 Å². The van der Waals surface area contributed by atoms with Gasteiger partial charge in [0.1, 0.15) is 17.2 Å². The second-order valence-corrected chi connectivity index (χ2v) is 7.16. The summed E-state index contributed by atoms with van der Waals surface area (Å²) in [6.07, 6.45) is 1.71. The smallest absolute Gasteiger partial charge is 0.206 e. The molecule has 1 heterocycles. The van der Waals surface area contributed by atoms with Gasteiger partial charge in [-0.2, -0.15) is 5.10 Å². The summed E-state index contributed by atoms with van der Waals surface area (Å²) < 4.78 is 18.1. The number of benzene rings is 2. The maximum atomic E-state index is 6.04. The number of nitrogens with zero attached hydrogens (tertiary/aromatic N) is 3. The number of thiazole rings is 1. The monoisotopic (exact) mass is 431 g/mol. The number of halogens is 1. The first-order chi connectivity index (χ1) is 14.1. The van der Waals surface area contributed by atoms with Crippen molar-refractivity contribution in [2.45, 2.75) is 6.92 Å². The summed E-state index contributed by atoms with van der Waals surface area (Å²) >= 11 is 7.56. The fraction of sp³-hybridized carbons (Fsp3) is 0.238. The standard InChI is InChI=1S/C21H22ClN3O3S/c1-5-23-21-25(18(13-29-21)14-6-8-15(22)9-7-14)24-12-17-19(27-3)10-16(26-2)11-20(17)28-4/h6-13H,5H2,1-4H3. The highest BCUT2D eigenvalue weighted by molar-refractivity contribution is 7.07. The molecule has 0 atom stereocenters. The van der Waals surface area contributed by atoms with Gasteiger partial charge >= 0.3 is 0 Å². The summed E-state index contributed by atoms with van der Waals surface area (Å²) in [5.41, 5.74) is 2.62. The van der Waals surface area contributed by atoms with Gasteiger partial charge in [0.25, 0.3) is 0 Å². The third-order valence-corrected chi connectivity index (χ3v) is 5.28.